The number of primary amides is 1. The monoisotopic (exact) mass is 382 g/mol. The average molecular weight is 382 g/mol. The second-order valence-corrected chi connectivity index (χ2v) is 7.25. The fourth-order valence-corrected chi connectivity index (χ4v) is 4.26. The minimum atomic E-state index is -0.644. The number of amides is 1. The lowest BCUT2D eigenvalue weighted by Gasteiger charge is -2.19. The lowest BCUT2D eigenvalue weighted by Crippen LogP contribution is -2.32. The van der Waals surface area contributed by atoms with Crippen LogP contribution in [0.1, 0.15) is 27.4 Å². The van der Waals surface area contributed by atoms with E-state index in [1.165, 1.54) is 0 Å². The third kappa shape index (κ3) is 2.83. The summed E-state index contributed by atoms with van der Waals surface area (Å²) in [5.74, 6) is -1.60. The van der Waals surface area contributed by atoms with Crippen LogP contribution in [0.3, 0.4) is 0 Å². The molecule has 5 rings (SSSR count). The van der Waals surface area contributed by atoms with Gasteiger partial charge in [-0.25, -0.2) is 9.78 Å². The molecule has 2 N–H and O–H groups in total. The van der Waals surface area contributed by atoms with Crippen LogP contribution in [0, 0.1) is 0 Å². The highest BCUT2D eigenvalue weighted by Gasteiger charge is 2.39. The molecule has 5 heteroatoms. The van der Waals surface area contributed by atoms with Gasteiger partial charge in [0.1, 0.15) is 12.0 Å². The Morgan fingerprint density at radius 3 is 2.10 bits per heavy atom. The molecular weight excluding hydrogens is 364 g/mol. The molecule has 0 radical (unpaired) electrons. The average Bonchev–Trinajstić information content (AvgIpc) is 3.09. The highest BCUT2D eigenvalue weighted by molar-refractivity contribution is 6.14. The normalized spacial score (nSPS) is 17.9. The molecule has 1 aromatic heterocycles. The van der Waals surface area contributed by atoms with Gasteiger partial charge in [0.2, 0.25) is 5.91 Å². The zero-order chi connectivity index (χ0) is 20.0. The molecule has 0 bridgehead atoms. The van der Waals surface area contributed by atoms with E-state index in [-0.39, 0.29) is 0 Å². The Balaban J connectivity index is 1.59. The molecule has 4 aromatic rings. The van der Waals surface area contributed by atoms with E-state index in [1.807, 2.05) is 72.8 Å². The summed E-state index contributed by atoms with van der Waals surface area (Å²) < 4.78 is 5.90. The first-order valence-corrected chi connectivity index (χ1v) is 9.49. The standard InChI is InChI=1S/C24H18N2O3/c25-23(27)22-15-8-2-1-7-14(15)13-20(22)29-24(28)21-16-9-3-5-11-18(16)26-19-12-6-4-10-17(19)21/h1-12,20,22H,13H2,(H2,25,27). The molecule has 0 saturated heterocycles. The van der Waals surface area contributed by atoms with Gasteiger partial charge in [0.05, 0.1) is 16.6 Å². The van der Waals surface area contributed by atoms with Gasteiger partial charge in [-0.05, 0) is 23.3 Å². The number of rotatable bonds is 3. The van der Waals surface area contributed by atoms with Crippen LogP contribution in [0.5, 0.6) is 0 Å². The number of hydrogen-bond donors (Lipinski definition) is 1. The maximum atomic E-state index is 13.3. The number of nitrogens with two attached hydrogens (primary N) is 1. The first-order chi connectivity index (χ1) is 14.1. The number of nitrogens with zero attached hydrogens (tertiary/aromatic N) is 1. The smallest absolute Gasteiger partial charge is 0.339 e. The van der Waals surface area contributed by atoms with Crippen LogP contribution in [0.15, 0.2) is 72.8 Å². The number of benzene rings is 3. The van der Waals surface area contributed by atoms with Crippen molar-refractivity contribution in [2.24, 2.45) is 5.73 Å². The van der Waals surface area contributed by atoms with E-state index in [0.29, 0.717) is 12.0 Å². The van der Waals surface area contributed by atoms with Crippen LogP contribution in [-0.4, -0.2) is 23.0 Å². The topological polar surface area (TPSA) is 82.3 Å². The van der Waals surface area contributed by atoms with Crippen molar-refractivity contribution >= 4 is 33.7 Å². The van der Waals surface area contributed by atoms with Gasteiger partial charge in [0.15, 0.2) is 0 Å². The van der Waals surface area contributed by atoms with Crippen LogP contribution >= 0.6 is 0 Å². The molecule has 1 heterocycles. The van der Waals surface area contributed by atoms with Crippen molar-refractivity contribution in [1.82, 2.24) is 4.98 Å². The van der Waals surface area contributed by atoms with E-state index in [9.17, 15) is 9.59 Å². The molecule has 3 aromatic carbocycles. The van der Waals surface area contributed by atoms with Gasteiger partial charge in [-0.2, -0.15) is 0 Å². The Morgan fingerprint density at radius 1 is 0.862 bits per heavy atom. The van der Waals surface area contributed by atoms with Crippen LogP contribution in [0.2, 0.25) is 0 Å². The first kappa shape index (κ1) is 17.4. The lowest BCUT2D eigenvalue weighted by atomic mass is 9.99. The highest BCUT2D eigenvalue weighted by Crippen LogP contribution is 2.36. The summed E-state index contributed by atoms with van der Waals surface area (Å²) in [6.07, 6.45) is -0.153. The predicted octanol–water partition coefficient (Wildman–Crippen LogP) is 3.74. The zero-order valence-corrected chi connectivity index (χ0v) is 15.5. The van der Waals surface area contributed by atoms with E-state index in [1.54, 1.807) is 0 Å². The number of esters is 1. The number of carbonyl (C=O) groups excluding carboxylic acids is 2. The first-order valence-electron chi connectivity index (χ1n) is 9.49. The number of para-hydroxylation sites is 2. The maximum absolute atomic E-state index is 13.3. The molecule has 1 amide bonds. The van der Waals surface area contributed by atoms with Crippen LogP contribution in [-0.2, 0) is 16.0 Å². The summed E-state index contributed by atoms with van der Waals surface area (Å²) in [5.41, 5.74) is 9.38. The molecule has 0 fully saturated rings. The predicted molar refractivity (Wildman–Crippen MR) is 111 cm³/mol. The second-order valence-electron chi connectivity index (χ2n) is 7.25. The molecule has 0 spiro atoms. The number of ether oxygens (including phenoxy) is 1. The van der Waals surface area contributed by atoms with Crippen LogP contribution in [0.4, 0.5) is 0 Å². The quantitative estimate of drug-likeness (QED) is 0.432. The van der Waals surface area contributed by atoms with E-state index in [4.69, 9.17) is 10.5 Å². The summed E-state index contributed by atoms with van der Waals surface area (Å²) in [7, 11) is 0. The SMILES string of the molecule is NC(=O)C1c2ccccc2CC1OC(=O)c1c2ccccc2nc2ccccc12. The van der Waals surface area contributed by atoms with Crippen molar-refractivity contribution in [3.8, 4) is 0 Å². The van der Waals surface area contributed by atoms with Gasteiger partial charge in [0.25, 0.3) is 0 Å². The maximum Gasteiger partial charge on any atom is 0.339 e. The van der Waals surface area contributed by atoms with Crippen molar-refractivity contribution < 1.29 is 14.3 Å². The van der Waals surface area contributed by atoms with Gasteiger partial charge in [-0.1, -0.05) is 60.7 Å². The van der Waals surface area contributed by atoms with Gasteiger partial charge in [-0.3, -0.25) is 4.79 Å². The number of hydrogen-bond acceptors (Lipinski definition) is 4. The molecule has 2 atom stereocenters. The van der Waals surface area contributed by atoms with E-state index >= 15 is 0 Å². The summed E-state index contributed by atoms with van der Waals surface area (Å²) in [5, 5.41) is 1.45. The molecular formula is C24H18N2O3. The Labute approximate surface area is 167 Å². The van der Waals surface area contributed by atoms with Crippen LogP contribution in [0.25, 0.3) is 21.8 Å². The van der Waals surface area contributed by atoms with Crippen LogP contribution < -0.4 is 5.73 Å². The largest absolute Gasteiger partial charge is 0.457 e. The third-order valence-electron chi connectivity index (χ3n) is 5.54. The molecule has 1 aliphatic carbocycles. The fourth-order valence-electron chi connectivity index (χ4n) is 4.26. The summed E-state index contributed by atoms with van der Waals surface area (Å²) in [6.45, 7) is 0. The molecule has 0 saturated carbocycles. The van der Waals surface area contributed by atoms with Gasteiger partial charge >= 0.3 is 5.97 Å². The van der Waals surface area contributed by atoms with E-state index in [0.717, 1.165) is 32.9 Å². The molecule has 142 valence electrons. The van der Waals surface area contributed by atoms with E-state index < -0.39 is 23.9 Å². The van der Waals surface area contributed by atoms with Gasteiger partial charge in [-0.15, -0.1) is 0 Å². The fraction of sp³-hybridized carbons (Fsp3) is 0.125. The van der Waals surface area contributed by atoms with Crippen molar-refractivity contribution in [2.45, 2.75) is 18.4 Å². The minimum Gasteiger partial charge on any atom is -0.457 e. The summed E-state index contributed by atoms with van der Waals surface area (Å²) in [4.78, 5) is 30.1. The Bertz CT molecular complexity index is 1230. The highest BCUT2D eigenvalue weighted by atomic mass is 16.5. The molecule has 5 nitrogen and oxygen atoms in total. The van der Waals surface area contributed by atoms with Crippen molar-refractivity contribution in [3.63, 3.8) is 0 Å². The molecule has 2 unspecified atom stereocenters. The molecule has 1 aliphatic rings. The van der Waals surface area contributed by atoms with Gasteiger partial charge < -0.3 is 10.5 Å². The number of fused-ring (bicyclic) bond motifs is 3. The second kappa shape index (κ2) is 6.71. The summed E-state index contributed by atoms with van der Waals surface area (Å²) >= 11 is 0. The lowest BCUT2D eigenvalue weighted by molar-refractivity contribution is -0.121. The zero-order valence-electron chi connectivity index (χ0n) is 15.5. The van der Waals surface area contributed by atoms with Crippen molar-refractivity contribution in [2.75, 3.05) is 0 Å². The Hall–Kier alpha value is -3.73. The Kier molecular flexibility index (Phi) is 4.02. The molecule has 0 aliphatic heterocycles. The van der Waals surface area contributed by atoms with Crippen molar-refractivity contribution in [1.29, 1.82) is 0 Å². The summed E-state index contributed by atoms with van der Waals surface area (Å²) in [6, 6.07) is 22.6. The number of carbonyl (C=O) groups is 2. The van der Waals surface area contributed by atoms with Crippen molar-refractivity contribution in [3.05, 3.63) is 89.5 Å². The van der Waals surface area contributed by atoms with Gasteiger partial charge in [0, 0.05) is 17.2 Å². The number of aromatic nitrogens is 1. The molecule has 29 heavy (non-hydrogen) atoms. The Morgan fingerprint density at radius 2 is 1.45 bits per heavy atom. The third-order valence-corrected chi connectivity index (χ3v) is 5.54. The van der Waals surface area contributed by atoms with E-state index in [2.05, 4.69) is 4.98 Å². The minimum absolute atomic E-state index is 0.463. The number of pyridine rings is 1.